The number of ketones is 1. The largest absolute Gasteiger partial charge is 0.492 e. The van der Waals surface area contributed by atoms with E-state index in [4.69, 9.17) is 9.47 Å². The van der Waals surface area contributed by atoms with Gasteiger partial charge < -0.3 is 14.4 Å². The highest BCUT2D eigenvalue weighted by atomic mass is 32.2. The van der Waals surface area contributed by atoms with Gasteiger partial charge in [0.1, 0.15) is 18.0 Å². The topological polar surface area (TPSA) is 110 Å². The number of esters is 1. The number of hydrogen-bond donors (Lipinski definition) is 0. The Morgan fingerprint density at radius 1 is 0.976 bits per heavy atom. The van der Waals surface area contributed by atoms with Crippen LogP contribution in [0, 0.1) is 0 Å². The summed E-state index contributed by atoms with van der Waals surface area (Å²) in [5, 5.41) is 0. The van der Waals surface area contributed by atoms with Crippen LogP contribution in [-0.4, -0.2) is 55.2 Å². The van der Waals surface area contributed by atoms with E-state index in [1.54, 1.807) is 45.0 Å². The van der Waals surface area contributed by atoms with Crippen molar-refractivity contribution in [1.29, 1.82) is 0 Å². The summed E-state index contributed by atoms with van der Waals surface area (Å²) in [6.45, 7) is 5.91. The fourth-order valence-electron chi connectivity index (χ4n) is 5.05. The van der Waals surface area contributed by atoms with Crippen molar-refractivity contribution in [2.45, 2.75) is 56.7 Å². The van der Waals surface area contributed by atoms with Gasteiger partial charge in [-0.15, -0.1) is 0 Å². The van der Waals surface area contributed by atoms with Crippen molar-refractivity contribution in [3.63, 3.8) is 0 Å². The molecular formula is C31H32N2O7S. The van der Waals surface area contributed by atoms with Gasteiger partial charge in [-0.25, -0.2) is 13.2 Å². The molecule has 10 heteroatoms. The molecular weight excluding hydrogens is 544 g/mol. The summed E-state index contributed by atoms with van der Waals surface area (Å²) in [5.41, 5.74) is 0.652. The lowest BCUT2D eigenvalue weighted by molar-refractivity contribution is -0.114. The van der Waals surface area contributed by atoms with Crippen LogP contribution in [-0.2, 0) is 26.1 Å². The number of hydrogen-bond acceptors (Lipinski definition) is 7. The summed E-state index contributed by atoms with van der Waals surface area (Å²) in [6.07, 6.45) is 1.35. The van der Waals surface area contributed by atoms with Crippen LogP contribution in [0.15, 0.2) is 77.7 Å². The third-order valence-electron chi connectivity index (χ3n) is 6.96. The smallest absolute Gasteiger partial charge is 0.338 e. The second kappa shape index (κ2) is 11.1. The molecule has 2 aliphatic rings. The molecule has 0 aromatic heterocycles. The first-order valence-electron chi connectivity index (χ1n) is 13.5. The van der Waals surface area contributed by atoms with Crippen molar-refractivity contribution in [2.75, 3.05) is 18.1 Å². The van der Waals surface area contributed by atoms with E-state index in [1.807, 2.05) is 30.3 Å². The van der Waals surface area contributed by atoms with Crippen LogP contribution in [0.3, 0.4) is 0 Å². The first kappa shape index (κ1) is 28.5. The minimum Gasteiger partial charge on any atom is -0.492 e. The molecule has 0 N–H and O–H groups in total. The Kier molecular flexibility index (Phi) is 7.72. The van der Waals surface area contributed by atoms with Crippen LogP contribution >= 0.6 is 0 Å². The normalized spacial score (nSPS) is 17.5. The molecule has 3 aromatic rings. The molecule has 3 aromatic carbocycles. The van der Waals surface area contributed by atoms with Gasteiger partial charge in [0, 0.05) is 6.54 Å². The molecule has 0 radical (unpaired) electrons. The number of ether oxygens (including phenoxy) is 2. The number of anilines is 1. The van der Waals surface area contributed by atoms with Crippen molar-refractivity contribution < 1.29 is 32.3 Å². The fraction of sp³-hybridized carbons (Fsp3) is 0.323. The average Bonchev–Trinajstić information content (AvgIpc) is 3.51. The first-order valence-corrected chi connectivity index (χ1v) is 14.9. The second-order valence-electron chi connectivity index (χ2n) is 11.1. The molecule has 1 fully saturated rings. The lowest BCUT2D eigenvalue weighted by atomic mass is 10.1. The standard InChI is InChI=1S/C31H32N2O7S/c1-31(2,3)40-30(36)22-10-7-9-21(17-22)19-32-27-15-14-25(18-26(27)28(34)29(32)35)41(37,38)33-16-8-11-23(33)20-39-24-12-5-4-6-13-24/h4-7,9-10,12-15,17-18,23H,8,11,16,19-20H2,1-3H3/t23-/m0/s1. The minimum atomic E-state index is -3.94. The maximum absolute atomic E-state index is 13.6. The Labute approximate surface area is 239 Å². The molecule has 0 bridgehead atoms. The molecule has 2 aliphatic heterocycles. The summed E-state index contributed by atoms with van der Waals surface area (Å²) in [6, 6.07) is 19.7. The van der Waals surface area contributed by atoms with Crippen LogP contribution < -0.4 is 9.64 Å². The van der Waals surface area contributed by atoms with E-state index >= 15 is 0 Å². The van der Waals surface area contributed by atoms with E-state index in [9.17, 15) is 22.8 Å². The molecule has 1 saturated heterocycles. The number of rotatable bonds is 8. The van der Waals surface area contributed by atoms with Gasteiger partial charge in [-0.05, 0) is 81.6 Å². The molecule has 5 rings (SSSR count). The Balaban J connectivity index is 1.35. The fourth-order valence-corrected chi connectivity index (χ4v) is 6.76. The monoisotopic (exact) mass is 576 g/mol. The molecule has 0 unspecified atom stereocenters. The maximum atomic E-state index is 13.6. The van der Waals surface area contributed by atoms with Crippen molar-refractivity contribution in [1.82, 2.24) is 4.31 Å². The lowest BCUT2D eigenvalue weighted by Gasteiger charge is -2.24. The lowest BCUT2D eigenvalue weighted by Crippen LogP contribution is -2.39. The number of carbonyl (C=O) groups is 3. The summed E-state index contributed by atoms with van der Waals surface area (Å²) >= 11 is 0. The Bertz CT molecular complexity index is 1600. The molecule has 0 aliphatic carbocycles. The van der Waals surface area contributed by atoms with E-state index < -0.39 is 33.3 Å². The highest BCUT2D eigenvalue weighted by Crippen LogP contribution is 2.35. The van der Waals surface area contributed by atoms with E-state index in [0.717, 1.165) is 0 Å². The van der Waals surface area contributed by atoms with Crippen LogP contribution in [0.2, 0.25) is 0 Å². The van der Waals surface area contributed by atoms with E-state index in [0.29, 0.717) is 42.0 Å². The molecule has 0 saturated carbocycles. The zero-order valence-electron chi connectivity index (χ0n) is 23.2. The van der Waals surface area contributed by atoms with Gasteiger partial charge in [-0.1, -0.05) is 30.3 Å². The van der Waals surface area contributed by atoms with Crippen LogP contribution in [0.25, 0.3) is 0 Å². The van der Waals surface area contributed by atoms with Crippen molar-refractivity contribution >= 4 is 33.4 Å². The molecule has 9 nitrogen and oxygen atoms in total. The average molecular weight is 577 g/mol. The number of nitrogens with zero attached hydrogens (tertiary/aromatic N) is 2. The van der Waals surface area contributed by atoms with E-state index in [-0.39, 0.29) is 29.7 Å². The van der Waals surface area contributed by atoms with E-state index in [1.165, 1.54) is 27.4 Å². The van der Waals surface area contributed by atoms with Gasteiger partial charge in [-0.3, -0.25) is 9.59 Å². The van der Waals surface area contributed by atoms with Crippen molar-refractivity contribution in [3.05, 3.63) is 89.5 Å². The zero-order valence-corrected chi connectivity index (χ0v) is 24.0. The molecule has 41 heavy (non-hydrogen) atoms. The quantitative estimate of drug-likeness (QED) is 0.285. The Morgan fingerprint density at radius 2 is 1.73 bits per heavy atom. The molecule has 214 valence electrons. The summed E-state index contributed by atoms with van der Waals surface area (Å²) in [5.74, 6) is -1.36. The van der Waals surface area contributed by atoms with Gasteiger partial charge in [0.05, 0.1) is 34.3 Å². The molecule has 2 heterocycles. The van der Waals surface area contributed by atoms with Crippen LogP contribution in [0.1, 0.15) is 59.9 Å². The number of carbonyl (C=O) groups excluding carboxylic acids is 3. The number of amides is 1. The minimum absolute atomic E-state index is 0.0331. The summed E-state index contributed by atoms with van der Waals surface area (Å²) < 4.78 is 39.9. The third kappa shape index (κ3) is 6.03. The number of para-hydroxylation sites is 1. The molecule has 1 atom stereocenters. The van der Waals surface area contributed by atoms with Crippen LogP contribution in [0.4, 0.5) is 5.69 Å². The van der Waals surface area contributed by atoms with Crippen molar-refractivity contribution in [3.8, 4) is 5.75 Å². The van der Waals surface area contributed by atoms with Gasteiger partial charge in [0.25, 0.3) is 11.7 Å². The van der Waals surface area contributed by atoms with Gasteiger partial charge in [0.2, 0.25) is 10.0 Å². The second-order valence-corrected chi connectivity index (χ2v) is 13.0. The Hall–Kier alpha value is -4.02. The Morgan fingerprint density at radius 3 is 2.46 bits per heavy atom. The van der Waals surface area contributed by atoms with Gasteiger partial charge in [-0.2, -0.15) is 4.31 Å². The highest BCUT2D eigenvalue weighted by Gasteiger charge is 2.40. The van der Waals surface area contributed by atoms with Gasteiger partial charge >= 0.3 is 5.97 Å². The first-order chi connectivity index (χ1) is 19.4. The maximum Gasteiger partial charge on any atom is 0.338 e. The number of Topliss-reactive ketones (excluding diaryl/α,β-unsaturated/α-hetero) is 1. The zero-order chi connectivity index (χ0) is 29.4. The predicted octanol–water partition coefficient (Wildman–Crippen LogP) is 4.60. The van der Waals surface area contributed by atoms with Crippen LogP contribution in [0.5, 0.6) is 5.75 Å². The molecule has 1 amide bonds. The van der Waals surface area contributed by atoms with E-state index in [2.05, 4.69) is 0 Å². The summed E-state index contributed by atoms with van der Waals surface area (Å²) in [7, 11) is -3.94. The number of fused-ring (bicyclic) bond motifs is 1. The number of benzene rings is 3. The highest BCUT2D eigenvalue weighted by molar-refractivity contribution is 7.89. The predicted molar refractivity (Wildman–Crippen MR) is 152 cm³/mol. The summed E-state index contributed by atoms with van der Waals surface area (Å²) in [4.78, 5) is 39.7. The molecule has 0 spiro atoms. The van der Waals surface area contributed by atoms with Crippen molar-refractivity contribution in [2.24, 2.45) is 0 Å². The SMILES string of the molecule is CC(C)(C)OC(=O)c1cccc(CN2C(=O)C(=O)c3cc(S(=O)(=O)N4CCC[C@H]4COc4ccccc4)ccc32)c1. The van der Waals surface area contributed by atoms with Gasteiger partial charge in [0.15, 0.2) is 0 Å². The number of sulfonamides is 1. The third-order valence-corrected chi connectivity index (χ3v) is 8.91.